The van der Waals surface area contributed by atoms with Crippen LogP contribution in [-0.4, -0.2) is 58.8 Å². The molecule has 0 radical (unpaired) electrons. The van der Waals surface area contributed by atoms with E-state index < -0.39 is 5.82 Å². The van der Waals surface area contributed by atoms with Crippen LogP contribution in [0.25, 0.3) is 0 Å². The Balaban J connectivity index is 1.78. The van der Waals surface area contributed by atoms with Crippen molar-refractivity contribution in [2.45, 2.75) is 38.8 Å². The summed E-state index contributed by atoms with van der Waals surface area (Å²) in [6.45, 7) is 2.73. The number of likely N-dealkylation sites (tertiary alicyclic amines) is 1. The van der Waals surface area contributed by atoms with Gasteiger partial charge in [-0.15, -0.1) is 0 Å². The summed E-state index contributed by atoms with van der Waals surface area (Å²) in [5, 5.41) is 5.70. The minimum atomic E-state index is -0.463. The highest BCUT2D eigenvalue weighted by Gasteiger charge is 2.28. The highest BCUT2D eigenvalue weighted by Crippen LogP contribution is 2.29. The third kappa shape index (κ3) is 5.97. The predicted octanol–water partition coefficient (Wildman–Crippen LogP) is 2.80. The molecule has 0 spiro atoms. The highest BCUT2D eigenvalue weighted by molar-refractivity contribution is 5.92. The van der Waals surface area contributed by atoms with E-state index in [0.717, 1.165) is 31.5 Å². The van der Waals surface area contributed by atoms with E-state index in [2.05, 4.69) is 15.6 Å². The van der Waals surface area contributed by atoms with E-state index in [0.29, 0.717) is 18.2 Å². The Hall–Kier alpha value is -3.07. The standard InChI is InChI=1S/C22H29FN6O2/c1-15(30)28(3)13-16-12-20(24-2)27-22(25-16)19-10-6-7-11-29(19)14-21(31)26-18-9-5-4-8-17(18)23/h4-5,8-9,12,19H,6-7,10-11,13-14H2,1-3H3,(H,26,31)(H,24,25,27). The van der Waals surface area contributed by atoms with Gasteiger partial charge in [0.05, 0.1) is 30.5 Å². The summed E-state index contributed by atoms with van der Waals surface area (Å²) in [6, 6.07) is 7.81. The summed E-state index contributed by atoms with van der Waals surface area (Å²) >= 11 is 0. The number of nitrogens with zero attached hydrogens (tertiary/aromatic N) is 4. The van der Waals surface area contributed by atoms with E-state index in [-0.39, 0.29) is 30.1 Å². The number of hydrogen-bond donors (Lipinski definition) is 2. The van der Waals surface area contributed by atoms with E-state index in [1.54, 1.807) is 31.1 Å². The minimum absolute atomic E-state index is 0.0460. The molecule has 1 aliphatic rings. The number of aromatic nitrogens is 2. The third-order valence-corrected chi connectivity index (χ3v) is 5.40. The Morgan fingerprint density at radius 3 is 2.74 bits per heavy atom. The molecule has 166 valence electrons. The highest BCUT2D eigenvalue weighted by atomic mass is 19.1. The Labute approximate surface area is 181 Å². The maximum Gasteiger partial charge on any atom is 0.238 e. The number of carbonyl (C=O) groups excluding carboxylic acids is 2. The van der Waals surface area contributed by atoms with Crippen molar-refractivity contribution >= 4 is 23.3 Å². The van der Waals surface area contributed by atoms with Gasteiger partial charge >= 0.3 is 0 Å². The molecule has 0 saturated carbocycles. The van der Waals surface area contributed by atoms with Crippen LogP contribution in [0, 0.1) is 5.82 Å². The molecule has 1 saturated heterocycles. The predicted molar refractivity (Wildman–Crippen MR) is 117 cm³/mol. The van der Waals surface area contributed by atoms with Gasteiger partial charge in [0, 0.05) is 27.1 Å². The average Bonchev–Trinajstić information content (AvgIpc) is 2.75. The Kier molecular flexibility index (Phi) is 7.51. The van der Waals surface area contributed by atoms with Gasteiger partial charge < -0.3 is 15.5 Å². The molecule has 1 aromatic heterocycles. The molecule has 0 bridgehead atoms. The van der Waals surface area contributed by atoms with Crippen LogP contribution in [0.1, 0.15) is 43.7 Å². The molecule has 2 aromatic rings. The molecule has 1 unspecified atom stereocenters. The number of piperidine rings is 1. The zero-order chi connectivity index (χ0) is 22.4. The van der Waals surface area contributed by atoms with Crippen LogP contribution in [-0.2, 0) is 16.1 Å². The zero-order valence-corrected chi connectivity index (χ0v) is 18.2. The summed E-state index contributed by atoms with van der Waals surface area (Å²) in [6.07, 6.45) is 2.79. The largest absolute Gasteiger partial charge is 0.373 e. The SMILES string of the molecule is CNc1cc(CN(C)C(C)=O)nc(C2CCCCN2CC(=O)Nc2ccccc2F)n1. The fraction of sp³-hybridized carbons (Fsp3) is 0.455. The van der Waals surface area contributed by atoms with Gasteiger partial charge in [0.1, 0.15) is 17.5 Å². The lowest BCUT2D eigenvalue weighted by atomic mass is 10.0. The normalized spacial score (nSPS) is 16.6. The second-order valence-corrected chi connectivity index (χ2v) is 7.74. The smallest absolute Gasteiger partial charge is 0.238 e. The van der Waals surface area contributed by atoms with Crippen molar-refractivity contribution in [2.24, 2.45) is 0 Å². The topological polar surface area (TPSA) is 90.5 Å². The Morgan fingerprint density at radius 2 is 2.03 bits per heavy atom. The van der Waals surface area contributed by atoms with Gasteiger partial charge in [-0.25, -0.2) is 14.4 Å². The molecule has 9 heteroatoms. The van der Waals surface area contributed by atoms with E-state index in [1.807, 2.05) is 11.0 Å². The van der Waals surface area contributed by atoms with E-state index in [1.165, 1.54) is 19.1 Å². The second-order valence-electron chi connectivity index (χ2n) is 7.74. The van der Waals surface area contributed by atoms with Crippen LogP contribution in [0.15, 0.2) is 30.3 Å². The lowest BCUT2D eigenvalue weighted by Crippen LogP contribution is -2.40. The van der Waals surface area contributed by atoms with Gasteiger partial charge in [0.25, 0.3) is 0 Å². The van der Waals surface area contributed by atoms with Crippen molar-refractivity contribution in [1.82, 2.24) is 19.8 Å². The molecular formula is C22H29FN6O2. The third-order valence-electron chi connectivity index (χ3n) is 5.40. The minimum Gasteiger partial charge on any atom is -0.373 e. The van der Waals surface area contributed by atoms with Crippen molar-refractivity contribution < 1.29 is 14.0 Å². The Bertz CT molecular complexity index is 938. The van der Waals surface area contributed by atoms with Gasteiger partial charge in [0.2, 0.25) is 11.8 Å². The molecule has 2 N–H and O–H groups in total. The average molecular weight is 429 g/mol. The van der Waals surface area contributed by atoms with Crippen molar-refractivity contribution in [1.29, 1.82) is 0 Å². The lowest BCUT2D eigenvalue weighted by molar-refractivity contribution is -0.128. The summed E-state index contributed by atoms with van der Waals surface area (Å²) in [5.74, 6) is 0.499. The summed E-state index contributed by atoms with van der Waals surface area (Å²) < 4.78 is 13.9. The fourth-order valence-electron chi connectivity index (χ4n) is 3.64. The molecule has 3 rings (SSSR count). The first-order valence-electron chi connectivity index (χ1n) is 10.4. The Morgan fingerprint density at radius 1 is 1.26 bits per heavy atom. The van der Waals surface area contributed by atoms with Crippen molar-refractivity contribution in [3.05, 3.63) is 47.7 Å². The number of hydrogen-bond acceptors (Lipinski definition) is 6. The zero-order valence-electron chi connectivity index (χ0n) is 18.2. The van der Waals surface area contributed by atoms with Crippen LogP contribution in [0.3, 0.4) is 0 Å². The lowest BCUT2D eigenvalue weighted by Gasteiger charge is -2.34. The van der Waals surface area contributed by atoms with Crippen LogP contribution >= 0.6 is 0 Å². The van der Waals surface area contributed by atoms with Crippen molar-refractivity contribution in [2.75, 3.05) is 37.8 Å². The molecule has 1 aliphatic heterocycles. The van der Waals surface area contributed by atoms with Crippen molar-refractivity contribution in [3.63, 3.8) is 0 Å². The van der Waals surface area contributed by atoms with Gasteiger partial charge in [-0.05, 0) is 31.5 Å². The van der Waals surface area contributed by atoms with Gasteiger partial charge in [-0.2, -0.15) is 0 Å². The molecular weight excluding hydrogens is 399 g/mol. The van der Waals surface area contributed by atoms with Gasteiger partial charge in [-0.3, -0.25) is 14.5 Å². The first kappa shape index (κ1) is 22.6. The molecule has 2 heterocycles. The molecule has 1 aromatic carbocycles. The molecule has 8 nitrogen and oxygen atoms in total. The van der Waals surface area contributed by atoms with Gasteiger partial charge in [0.15, 0.2) is 0 Å². The number of benzene rings is 1. The van der Waals surface area contributed by atoms with E-state index >= 15 is 0 Å². The molecule has 1 fully saturated rings. The first-order valence-corrected chi connectivity index (χ1v) is 10.4. The van der Waals surface area contributed by atoms with Crippen LogP contribution in [0.2, 0.25) is 0 Å². The number of para-hydroxylation sites is 1. The van der Waals surface area contributed by atoms with Crippen molar-refractivity contribution in [3.8, 4) is 0 Å². The van der Waals surface area contributed by atoms with E-state index in [4.69, 9.17) is 4.98 Å². The summed E-state index contributed by atoms with van der Waals surface area (Å²) in [4.78, 5) is 37.2. The maximum absolute atomic E-state index is 13.9. The van der Waals surface area contributed by atoms with Crippen LogP contribution in [0.5, 0.6) is 0 Å². The monoisotopic (exact) mass is 428 g/mol. The molecule has 1 atom stereocenters. The van der Waals surface area contributed by atoms with E-state index in [9.17, 15) is 14.0 Å². The number of rotatable bonds is 7. The number of nitrogens with one attached hydrogen (secondary N) is 2. The molecule has 0 aliphatic carbocycles. The second kappa shape index (κ2) is 10.3. The molecule has 2 amide bonds. The number of carbonyl (C=O) groups is 2. The quantitative estimate of drug-likeness (QED) is 0.705. The molecule has 31 heavy (non-hydrogen) atoms. The number of anilines is 2. The summed E-state index contributed by atoms with van der Waals surface area (Å²) in [5.41, 5.74) is 0.900. The number of halogens is 1. The maximum atomic E-state index is 13.9. The van der Waals surface area contributed by atoms with Gasteiger partial charge in [-0.1, -0.05) is 18.6 Å². The fourth-order valence-corrected chi connectivity index (χ4v) is 3.64. The number of amides is 2. The summed E-state index contributed by atoms with van der Waals surface area (Å²) in [7, 11) is 3.51. The van der Waals surface area contributed by atoms with Crippen LogP contribution in [0.4, 0.5) is 15.9 Å². The van der Waals surface area contributed by atoms with Crippen LogP contribution < -0.4 is 10.6 Å². The first-order chi connectivity index (χ1) is 14.9.